The lowest BCUT2D eigenvalue weighted by molar-refractivity contribution is -0.137. The second-order valence-electron chi connectivity index (χ2n) is 3.47. The summed E-state index contributed by atoms with van der Waals surface area (Å²) in [5.74, 6) is -0.924. The SMILES string of the molecule is Cc1c(-c2ccc(C#N)s2)cnn1CC(=O)O. The Hall–Kier alpha value is -2.13. The molecule has 0 spiro atoms. The van der Waals surface area contributed by atoms with Gasteiger partial charge in [-0.15, -0.1) is 11.3 Å². The molecule has 0 fully saturated rings. The molecule has 0 radical (unpaired) electrons. The van der Waals surface area contributed by atoms with E-state index in [2.05, 4.69) is 11.2 Å². The second kappa shape index (κ2) is 4.39. The lowest BCUT2D eigenvalue weighted by Crippen LogP contribution is -2.11. The van der Waals surface area contributed by atoms with Gasteiger partial charge in [0.05, 0.1) is 6.20 Å². The van der Waals surface area contributed by atoms with E-state index in [-0.39, 0.29) is 6.54 Å². The van der Waals surface area contributed by atoms with Gasteiger partial charge in [0, 0.05) is 16.1 Å². The normalized spacial score (nSPS) is 10.1. The van der Waals surface area contributed by atoms with Crippen LogP contribution in [0, 0.1) is 18.3 Å². The van der Waals surface area contributed by atoms with Gasteiger partial charge in [0.1, 0.15) is 17.5 Å². The van der Waals surface area contributed by atoms with Gasteiger partial charge in [-0.05, 0) is 19.1 Å². The van der Waals surface area contributed by atoms with Gasteiger partial charge in [-0.1, -0.05) is 0 Å². The number of nitriles is 1. The van der Waals surface area contributed by atoms with Crippen LogP contribution in [-0.4, -0.2) is 20.9 Å². The predicted molar refractivity (Wildman–Crippen MR) is 62.6 cm³/mol. The molecule has 0 aromatic carbocycles. The molecule has 0 atom stereocenters. The third-order valence-electron chi connectivity index (χ3n) is 2.37. The van der Waals surface area contributed by atoms with Gasteiger partial charge in [-0.2, -0.15) is 10.4 Å². The molecule has 6 heteroatoms. The number of thiophene rings is 1. The number of aromatic nitrogens is 2. The average Bonchev–Trinajstić information content (AvgIpc) is 2.86. The van der Waals surface area contributed by atoms with Crippen LogP contribution in [0.3, 0.4) is 0 Å². The van der Waals surface area contributed by atoms with E-state index in [0.29, 0.717) is 4.88 Å². The third kappa shape index (κ3) is 2.19. The highest BCUT2D eigenvalue weighted by Crippen LogP contribution is 2.29. The number of hydrogen-bond acceptors (Lipinski definition) is 4. The first kappa shape index (κ1) is 11.4. The number of rotatable bonds is 3. The number of carboxylic acids is 1. The minimum atomic E-state index is -0.924. The first-order valence-electron chi connectivity index (χ1n) is 4.86. The highest BCUT2D eigenvalue weighted by atomic mass is 32.1. The fourth-order valence-electron chi connectivity index (χ4n) is 1.52. The van der Waals surface area contributed by atoms with Crippen molar-refractivity contribution in [2.45, 2.75) is 13.5 Å². The van der Waals surface area contributed by atoms with Crippen LogP contribution in [0.1, 0.15) is 10.6 Å². The zero-order chi connectivity index (χ0) is 12.4. The van der Waals surface area contributed by atoms with Crippen molar-refractivity contribution in [3.05, 3.63) is 28.9 Å². The largest absolute Gasteiger partial charge is 0.480 e. The van der Waals surface area contributed by atoms with Gasteiger partial charge in [-0.25, -0.2) is 0 Å². The van der Waals surface area contributed by atoms with Crippen LogP contribution in [0.4, 0.5) is 0 Å². The quantitative estimate of drug-likeness (QED) is 0.898. The van der Waals surface area contributed by atoms with Crippen LogP contribution in [0.2, 0.25) is 0 Å². The molecule has 0 aliphatic carbocycles. The molecule has 1 N–H and O–H groups in total. The molecule has 0 aliphatic rings. The maximum atomic E-state index is 10.6. The Labute approximate surface area is 102 Å². The lowest BCUT2D eigenvalue weighted by Gasteiger charge is -2.00. The maximum Gasteiger partial charge on any atom is 0.325 e. The number of carbonyl (C=O) groups is 1. The molecule has 17 heavy (non-hydrogen) atoms. The average molecular weight is 247 g/mol. The van der Waals surface area contributed by atoms with Gasteiger partial charge in [0.15, 0.2) is 0 Å². The first-order chi connectivity index (χ1) is 8.11. The number of hydrogen-bond donors (Lipinski definition) is 1. The van der Waals surface area contributed by atoms with Crippen LogP contribution in [0.25, 0.3) is 10.4 Å². The summed E-state index contributed by atoms with van der Waals surface area (Å²) in [7, 11) is 0. The van der Waals surface area contributed by atoms with Gasteiger partial charge in [0.25, 0.3) is 0 Å². The van der Waals surface area contributed by atoms with E-state index in [1.807, 2.05) is 13.0 Å². The van der Waals surface area contributed by atoms with Gasteiger partial charge in [0.2, 0.25) is 0 Å². The van der Waals surface area contributed by atoms with Gasteiger partial charge in [-0.3, -0.25) is 9.48 Å². The summed E-state index contributed by atoms with van der Waals surface area (Å²) in [5.41, 5.74) is 1.66. The third-order valence-corrected chi connectivity index (χ3v) is 3.39. The van der Waals surface area contributed by atoms with E-state index in [1.54, 1.807) is 12.3 Å². The molecule has 2 aromatic heterocycles. The molecule has 2 heterocycles. The molecule has 2 rings (SSSR count). The second-order valence-corrected chi connectivity index (χ2v) is 4.55. The highest BCUT2D eigenvalue weighted by Gasteiger charge is 2.12. The van der Waals surface area contributed by atoms with Crippen molar-refractivity contribution in [2.24, 2.45) is 0 Å². The van der Waals surface area contributed by atoms with Crippen LogP contribution in [0.15, 0.2) is 18.3 Å². The summed E-state index contributed by atoms with van der Waals surface area (Å²) in [6.07, 6.45) is 1.63. The zero-order valence-corrected chi connectivity index (χ0v) is 9.86. The summed E-state index contributed by atoms with van der Waals surface area (Å²) in [6.45, 7) is 1.67. The number of nitrogens with zero attached hydrogens (tertiary/aromatic N) is 3. The number of aliphatic carboxylic acids is 1. The Balaban J connectivity index is 2.37. The van der Waals surface area contributed by atoms with Crippen LogP contribution in [0.5, 0.6) is 0 Å². The molecule has 0 saturated carbocycles. The smallest absolute Gasteiger partial charge is 0.325 e. The van der Waals surface area contributed by atoms with Crippen molar-refractivity contribution in [3.8, 4) is 16.5 Å². The molecule has 0 amide bonds. The van der Waals surface area contributed by atoms with E-state index in [0.717, 1.165) is 16.1 Å². The van der Waals surface area contributed by atoms with Crippen LogP contribution in [-0.2, 0) is 11.3 Å². The van der Waals surface area contributed by atoms with E-state index < -0.39 is 5.97 Å². The van der Waals surface area contributed by atoms with E-state index >= 15 is 0 Å². The molecule has 86 valence electrons. The standard InChI is InChI=1S/C11H9N3O2S/c1-7-9(5-13-14(7)6-11(15)16)10-3-2-8(4-12)17-10/h2-3,5H,6H2,1H3,(H,15,16). The van der Waals surface area contributed by atoms with Gasteiger partial charge >= 0.3 is 5.97 Å². The monoisotopic (exact) mass is 247 g/mol. The molecule has 0 saturated heterocycles. The van der Waals surface area contributed by atoms with Crippen molar-refractivity contribution in [1.29, 1.82) is 5.26 Å². The Morgan fingerprint density at radius 1 is 1.65 bits per heavy atom. The molecule has 5 nitrogen and oxygen atoms in total. The molecule has 0 bridgehead atoms. The minimum Gasteiger partial charge on any atom is -0.480 e. The van der Waals surface area contributed by atoms with E-state index in [1.165, 1.54) is 16.0 Å². The van der Waals surface area contributed by atoms with E-state index in [4.69, 9.17) is 10.4 Å². The lowest BCUT2D eigenvalue weighted by atomic mass is 10.2. The maximum absolute atomic E-state index is 10.6. The van der Waals surface area contributed by atoms with Crippen molar-refractivity contribution in [2.75, 3.05) is 0 Å². The zero-order valence-electron chi connectivity index (χ0n) is 9.04. The molecule has 0 aliphatic heterocycles. The van der Waals surface area contributed by atoms with Gasteiger partial charge < -0.3 is 5.11 Å². The first-order valence-corrected chi connectivity index (χ1v) is 5.68. The topological polar surface area (TPSA) is 78.9 Å². The predicted octanol–water partition coefficient (Wildman–Crippen LogP) is 1.88. The summed E-state index contributed by atoms with van der Waals surface area (Å²) < 4.78 is 1.43. The van der Waals surface area contributed by atoms with E-state index in [9.17, 15) is 4.79 Å². The summed E-state index contributed by atoms with van der Waals surface area (Å²) in [4.78, 5) is 12.2. The number of carboxylic acid groups (broad SMARTS) is 1. The fraction of sp³-hybridized carbons (Fsp3) is 0.182. The fourth-order valence-corrected chi connectivity index (χ4v) is 2.38. The Kier molecular flexibility index (Phi) is 2.93. The molecular weight excluding hydrogens is 238 g/mol. The van der Waals surface area contributed by atoms with Crippen molar-refractivity contribution < 1.29 is 9.90 Å². The Bertz CT molecular complexity index is 607. The highest BCUT2D eigenvalue weighted by molar-refractivity contribution is 7.16. The molecule has 0 unspecified atom stereocenters. The van der Waals surface area contributed by atoms with Crippen LogP contribution < -0.4 is 0 Å². The minimum absolute atomic E-state index is 0.150. The van der Waals surface area contributed by atoms with Crippen LogP contribution >= 0.6 is 11.3 Å². The summed E-state index contributed by atoms with van der Waals surface area (Å²) >= 11 is 1.37. The van der Waals surface area contributed by atoms with Crippen molar-refractivity contribution >= 4 is 17.3 Å². The summed E-state index contributed by atoms with van der Waals surface area (Å²) in [5, 5.41) is 21.5. The summed E-state index contributed by atoms with van der Waals surface area (Å²) in [6, 6.07) is 5.66. The molecular formula is C11H9N3O2S. The Morgan fingerprint density at radius 3 is 3.00 bits per heavy atom. The van der Waals surface area contributed by atoms with Crippen molar-refractivity contribution in [3.63, 3.8) is 0 Å². The molecule has 2 aromatic rings. The van der Waals surface area contributed by atoms with Crippen molar-refractivity contribution in [1.82, 2.24) is 9.78 Å². The Morgan fingerprint density at radius 2 is 2.41 bits per heavy atom.